The third-order valence-electron chi connectivity index (χ3n) is 6.14. The van der Waals surface area contributed by atoms with E-state index in [1.54, 1.807) is 32.0 Å². The lowest BCUT2D eigenvalue weighted by atomic mass is 10.1. The molecule has 0 aliphatic carbocycles. The number of hydrogen-bond acceptors (Lipinski definition) is 5. The predicted octanol–water partition coefficient (Wildman–Crippen LogP) is 6.07. The van der Waals surface area contributed by atoms with Gasteiger partial charge in [-0.1, -0.05) is 6.07 Å². The molecule has 1 N–H and O–H groups in total. The Bertz CT molecular complexity index is 1140. The fourth-order valence-corrected chi connectivity index (χ4v) is 4.54. The fraction of sp³-hybridized carbons (Fsp3) is 0.444. The minimum atomic E-state index is -4.53. The first-order valence-corrected chi connectivity index (χ1v) is 12.0. The lowest BCUT2D eigenvalue weighted by molar-refractivity contribution is -0.139. The summed E-state index contributed by atoms with van der Waals surface area (Å²) in [6.07, 6.45) is -1.75. The number of aliphatic carboxylic acids is 1. The van der Waals surface area contributed by atoms with E-state index in [4.69, 9.17) is 19.3 Å². The average molecular weight is 542 g/mol. The van der Waals surface area contributed by atoms with E-state index in [0.29, 0.717) is 23.7 Å². The molecular weight excluding hydrogens is 511 g/mol. The second-order valence-corrected chi connectivity index (χ2v) is 9.56. The Morgan fingerprint density at radius 1 is 1.22 bits per heavy atom. The summed E-state index contributed by atoms with van der Waals surface area (Å²) in [7, 11) is 0. The van der Waals surface area contributed by atoms with Crippen molar-refractivity contribution in [2.45, 2.75) is 45.6 Å². The highest BCUT2D eigenvalue weighted by Gasteiger charge is 2.35. The second-order valence-electron chi connectivity index (χ2n) is 9.56. The van der Waals surface area contributed by atoms with E-state index >= 15 is 0 Å². The highest BCUT2D eigenvalue weighted by Crippen LogP contribution is 2.38. The van der Waals surface area contributed by atoms with Gasteiger partial charge < -0.3 is 19.3 Å². The lowest BCUT2D eigenvalue weighted by Crippen LogP contribution is -2.26. The highest BCUT2D eigenvalue weighted by atomic mass is 35.5. The Balaban J connectivity index is 0.00000380. The van der Waals surface area contributed by atoms with Crippen LogP contribution < -0.4 is 14.2 Å². The van der Waals surface area contributed by atoms with Gasteiger partial charge in [-0.05, 0) is 74.2 Å². The van der Waals surface area contributed by atoms with Gasteiger partial charge >= 0.3 is 12.1 Å². The van der Waals surface area contributed by atoms with Crippen molar-refractivity contribution in [2.24, 2.45) is 5.92 Å². The summed E-state index contributed by atoms with van der Waals surface area (Å²) >= 11 is 0. The number of nitrogens with zero attached hydrogens (tertiary/aromatic N) is 1. The van der Waals surface area contributed by atoms with Crippen molar-refractivity contribution in [1.29, 1.82) is 0 Å². The van der Waals surface area contributed by atoms with Crippen LogP contribution in [0.1, 0.15) is 43.4 Å². The largest absolute Gasteiger partial charge is 0.490 e. The number of benzene rings is 2. The third kappa shape index (κ3) is 7.79. The standard InChI is InChI=1S/C27H30F3NO5.ClH/c1-17(2)36-24-6-3-19(10-23(24)27(28,29)30)15-34-22-5-4-21-9-20(16-35-25(21)12-22)14-31-8-7-18(13-31)11-26(32)33;/h3-6,9-10,12,17-18H,7-8,11,13-16H2,1-2H3,(H,32,33);1H. The molecule has 10 heteroatoms. The molecule has 2 aromatic carbocycles. The van der Waals surface area contributed by atoms with E-state index < -0.39 is 17.7 Å². The number of carboxylic acid groups (broad SMARTS) is 1. The summed E-state index contributed by atoms with van der Waals surface area (Å²) in [6.45, 7) is 6.11. The Kier molecular flexibility index (Phi) is 9.36. The minimum absolute atomic E-state index is 0. The Labute approximate surface area is 220 Å². The van der Waals surface area contributed by atoms with Crippen LogP contribution in [0.2, 0.25) is 0 Å². The number of alkyl halides is 3. The van der Waals surface area contributed by atoms with E-state index in [-0.39, 0.29) is 43.2 Å². The van der Waals surface area contributed by atoms with Crippen molar-refractivity contribution in [3.05, 3.63) is 58.7 Å². The summed E-state index contributed by atoms with van der Waals surface area (Å²) in [5.41, 5.74) is 1.57. The second kappa shape index (κ2) is 12.1. The molecule has 2 aromatic rings. The average Bonchev–Trinajstić information content (AvgIpc) is 3.23. The molecule has 0 bridgehead atoms. The summed E-state index contributed by atoms with van der Waals surface area (Å²) in [5.74, 6) is 0.380. The number of rotatable bonds is 9. The van der Waals surface area contributed by atoms with Crippen molar-refractivity contribution < 1.29 is 37.3 Å². The first kappa shape index (κ1) is 28.7. The first-order chi connectivity index (χ1) is 17.1. The van der Waals surface area contributed by atoms with Gasteiger partial charge in [0.2, 0.25) is 0 Å². The molecule has 0 radical (unpaired) electrons. The third-order valence-corrected chi connectivity index (χ3v) is 6.14. The number of carboxylic acids is 1. The lowest BCUT2D eigenvalue weighted by Gasteiger charge is -2.23. The maximum absolute atomic E-state index is 13.5. The van der Waals surface area contributed by atoms with Gasteiger partial charge in [0.1, 0.15) is 30.5 Å². The molecule has 2 aliphatic heterocycles. The van der Waals surface area contributed by atoms with Crippen LogP contribution in [0.25, 0.3) is 6.08 Å². The van der Waals surface area contributed by atoms with Gasteiger partial charge in [0, 0.05) is 31.1 Å². The number of ether oxygens (including phenoxy) is 3. The molecule has 1 atom stereocenters. The van der Waals surface area contributed by atoms with Crippen LogP contribution in [0, 0.1) is 5.92 Å². The molecule has 37 heavy (non-hydrogen) atoms. The van der Waals surface area contributed by atoms with Crippen LogP contribution in [0.4, 0.5) is 13.2 Å². The quantitative estimate of drug-likeness (QED) is 0.416. The van der Waals surface area contributed by atoms with Crippen LogP contribution in [0.5, 0.6) is 17.2 Å². The van der Waals surface area contributed by atoms with Gasteiger partial charge in [-0.25, -0.2) is 0 Å². The van der Waals surface area contributed by atoms with E-state index in [9.17, 15) is 18.0 Å². The van der Waals surface area contributed by atoms with Crippen LogP contribution >= 0.6 is 12.4 Å². The highest BCUT2D eigenvalue weighted by molar-refractivity contribution is 5.85. The molecular formula is C27H31ClF3NO5. The molecule has 0 spiro atoms. The Morgan fingerprint density at radius 3 is 2.70 bits per heavy atom. The molecule has 1 unspecified atom stereocenters. The van der Waals surface area contributed by atoms with E-state index in [1.165, 1.54) is 6.07 Å². The summed E-state index contributed by atoms with van der Waals surface area (Å²) in [5, 5.41) is 8.99. The summed E-state index contributed by atoms with van der Waals surface area (Å²) in [4.78, 5) is 13.2. The first-order valence-electron chi connectivity index (χ1n) is 12.0. The van der Waals surface area contributed by atoms with Gasteiger partial charge in [-0.2, -0.15) is 13.2 Å². The fourth-order valence-electron chi connectivity index (χ4n) is 4.54. The van der Waals surface area contributed by atoms with Crippen molar-refractivity contribution in [3.8, 4) is 17.2 Å². The molecule has 6 nitrogen and oxygen atoms in total. The molecule has 2 aliphatic rings. The van der Waals surface area contributed by atoms with Crippen molar-refractivity contribution in [1.82, 2.24) is 4.90 Å². The van der Waals surface area contributed by atoms with E-state index in [2.05, 4.69) is 11.0 Å². The molecule has 202 valence electrons. The number of fused-ring (bicyclic) bond motifs is 1. The molecule has 4 rings (SSSR count). The molecule has 1 fully saturated rings. The zero-order valence-electron chi connectivity index (χ0n) is 20.7. The molecule has 0 amide bonds. The number of hydrogen-bond donors (Lipinski definition) is 1. The topological polar surface area (TPSA) is 68.2 Å². The number of halogens is 4. The van der Waals surface area contributed by atoms with Crippen LogP contribution in [0.15, 0.2) is 42.0 Å². The van der Waals surface area contributed by atoms with E-state index in [0.717, 1.165) is 43.3 Å². The van der Waals surface area contributed by atoms with E-state index in [1.807, 2.05) is 6.07 Å². The van der Waals surface area contributed by atoms with Crippen LogP contribution in [-0.2, 0) is 17.6 Å². The van der Waals surface area contributed by atoms with Gasteiger partial charge in [0.05, 0.1) is 11.7 Å². The van der Waals surface area contributed by atoms with Crippen molar-refractivity contribution in [3.63, 3.8) is 0 Å². The monoisotopic (exact) mass is 541 g/mol. The Morgan fingerprint density at radius 2 is 2.00 bits per heavy atom. The molecule has 0 aromatic heterocycles. The molecule has 0 saturated carbocycles. The zero-order valence-corrected chi connectivity index (χ0v) is 21.5. The number of likely N-dealkylation sites (tertiary alicyclic amines) is 1. The van der Waals surface area contributed by atoms with Gasteiger partial charge in [0.25, 0.3) is 0 Å². The molecule has 2 heterocycles. The molecule has 1 saturated heterocycles. The Hall–Kier alpha value is -2.91. The minimum Gasteiger partial charge on any atom is -0.490 e. The smallest absolute Gasteiger partial charge is 0.419 e. The summed E-state index contributed by atoms with van der Waals surface area (Å²) in [6, 6.07) is 9.32. The van der Waals surface area contributed by atoms with Crippen molar-refractivity contribution in [2.75, 3.05) is 26.2 Å². The van der Waals surface area contributed by atoms with Gasteiger partial charge in [-0.15, -0.1) is 12.4 Å². The van der Waals surface area contributed by atoms with Crippen LogP contribution in [-0.4, -0.2) is 48.3 Å². The van der Waals surface area contributed by atoms with Gasteiger partial charge in [-0.3, -0.25) is 9.69 Å². The van der Waals surface area contributed by atoms with Gasteiger partial charge in [0.15, 0.2) is 0 Å². The predicted molar refractivity (Wildman–Crippen MR) is 136 cm³/mol. The SMILES string of the molecule is CC(C)Oc1ccc(COc2ccc3c(c2)OCC(CN2CCC(CC(=O)O)C2)=C3)cc1C(F)(F)F.Cl. The maximum atomic E-state index is 13.5. The number of carbonyl (C=O) groups is 1. The normalized spacial score (nSPS) is 17.5. The van der Waals surface area contributed by atoms with Crippen molar-refractivity contribution >= 4 is 24.5 Å². The van der Waals surface area contributed by atoms with Crippen LogP contribution in [0.3, 0.4) is 0 Å². The zero-order chi connectivity index (χ0) is 25.9. The summed E-state index contributed by atoms with van der Waals surface area (Å²) < 4.78 is 57.5. The maximum Gasteiger partial charge on any atom is 0.419 e.